The highest BCUT2D eigenvalue weighted by molar-refractivity contribution is 7.17. The lowest BCUT2D eigenvalue weighted by atomic mass is 9.84. The molecule has 0 bridgehead atoms. The highest BCUT2D eigenvalue weighted by atomic mass is 32.1. The van der Waals surface area contributed by atoms with Gasteiger partial charge in [-0.3, -0.25) is 9.59 Å². The molecule has 0 aliphatic carbocycles. The Hall–Kier alpha value is -2.32. The van der Waals surface area contributed by atoms with Gasteiger partial charge in [0.25, 0.3) is 5.91 Å². The topological polar surface area (TPSA) is 65.5 Å². The van der Waals surface area contributed by atoms with E-state index in [9.17, 15) is 14.0 Å². The molecule has 6 nitrogen and oxygen atoms in total. The van der Waals surface area contributed by atoms with Crippen LogP contribution in [0.1, 0.15) is 54.4 Å². The zero-order valence-electron chi connectivity index (χ0n) is 20.2. The lowest BCUT2D eigenvalue weighted by molar-refractivity contribution is -0.126. The number of carbonyl (C=O) groups is 2. The number of halogens is 1. The number of amides is 2. The van der Waals surface area contributed by atoms with Crippen LogP contribution in [0.5, 0.6) is 0 Å². The first-order valence-corrected chi connectivity index (χ1v) is 13.3. The average Bonchev–Trinajstić information content (AvgIpc) is 3.51. The Morgan fingerprint density at radius 2 is 1.82 bits per heavy atom. The molecule has 2 saturated heterocycles. The van der Waals surface area contributed by atoms with Crippen molar-refractivity contribution in [3.8, 4) is 10.6 Å². The van der Waals surface area contributed by atoms with Gasteiger partial charge in [0.2, 0.25) is 5.91 Å². The maximum absolute atomic E-state index is 13.2. The van der Waals surface area contributed by atoms with Crippen molar-refractivity contribution in [2.24, 2.45) is 11.8 Å². The lowest BCUT2D eigenvalue weighted by Gasteiger charge is -2.34. The second-order valence-electron chi connectivity index (χ2n) is 9.55. The molecule has 1 atom stereocenters. The summed E-state index contributed by atoms with van der Waals surface area (Å²) in [5.41, 5.74) is 1.52. The van der Waals surface area contributed by atoms with Gasteiger partial charge < -0.3 is 15.1 Å². The number of aryl methyl sites for hydroxylation is 1. The number of piperidine rings is 1. The van der Waals surface area contributed by atoms with Crippen molar-refractivity contribution in [1.82, 2.24) is 20.1 Å². The van der Waals surface area contributed by atoms with E-state index in [0.29, 0.717) is 29.6 Å². The van der Waals surface area contributed by atoms with E-state index < -0.39 is 0 Å². The second-order valence-corrected chi connectivity index (χ2v) is 10.6. The fourth-order valence-corrected chi connectivity index (χ4v) is 5.99. The molecule has 2 fully saturated rings. The molecule has 8 heteroatoms. The van der Waals surface area contributed by atoms with E-state index in [1.54, 1.807) is 12.1 Å². The Labute approximate surface area is 205 Å². The third-order valence-electron chi connectivity index (χ3n) is 7.18. The van der Waals surface area contributed by atoms with Gasteiger partial charge in [0.15, 0.2) is 0 Å². The number of hydrogen-bond acceptors (Lipinski definition) is 5. The molecule has 1 N–H and O–H groups in total. The van der Waals surface area contributed by atoms with Gasteiger partial charge in [-0.2, -0.15) is 0 Å². The summed E-state index contributed by atoms with van der Waals surface area (Å²) in [5, 5.41) is 3.84. The summed E-state index contributed by atoms with van der Waals surface area (Å²) in [6.07, 6.45) is 5.25. The number of likely N-dealkylation sites (tertiary alicyclic amines) is 2. The van der Waals surface area contributed by atoms with Crippen LogP contribution in [-0.2, 0) is 4.79 Å². The van der Waals surface area contributed by atoms with E-state index in [4.69, 9.17) is 0 Å². The molecule has 2 aliphatic heterocycles. The first-order chi connectivity index (χ1) is 16.4. The third kappa shape index (κ3) is 6.02. The van der Waals surface area contributed by atoms with Crippen LogP contribution in [-0.4, -0.2) is 65.9 Å². The predicted octanol–water partition coefficient (Wildman–Crippen LogP) is 4.35. The number of carbonyl (C=O) groups excluding carboxylic acids is 2. The fraction of sp³-hybridized carbons (Fsp3) is 0.577. The smallest absolute Gasteiger partial charge is 0.265 e. The van der Waals surface area contributed by atoms with Crippen LogP contribution in [0.2, 0.25) is 0 Å². The minimum Gasteiger partial charge on any atom is -0.356 e. The number of nitrogens with one attached hydrogen (secondary N) is 1. The number of nitrogens with zero attached hydrogens (tertiary/aromatic N) is 3. The highest BCUT2D eigenvalue weighted by Crippen LogP contribution is 2.31. The fourth-order valence-electron chi connectivity index (χ4n) is 4.95. The number of benzene rings is 1. The normalized spacial score (nSPS) is 18.3. The first kappa shape index (κ1) is 24.8. The molecule has 1 aromatic heterocycles. The van der Waals surface area contributed by atoms with Gasteiger partial charge in [-0.05, 0) is 88.8 Å². The largest absolute Gasteiger partial charge is 0.356 e. The molecule has 2 amide bonds. The van der Waals surface area contributed by atoms with E-state index >= 15 is 0 Å². The monoisotopic (exact) mass is 486 g/mol. The van der Waals surface area contributed by atoms with E-state index in [0.717, 1.165) is 42.9 Å². The molecule has 184 valence electrons. The van der Waals surface area contributed by atoms with E-state index in [-0.39, 0.29) is 23.5 Å². The van der Waals surface area contributed by atoms with Gasteiger partial charge in [-0.25, -0.2) is 9.37 Å². The summed E-state index contributed by atoms with van der Waals surface area (Å²) >= 11 is 1.36. The molecule has 2 aromatic rings. The van der Waals surface area contributed by atoms with E-state index in [2.05, 4.69) is 15.2 Å². The molecular formula is C26H35FN4O2S. The average molecular weight is 487 g/mol. The Morgan fingerprint density at radius 3 is 2.50 bits per heavy atom. The maximum atomic E-state index is 13.2. The maximum Gasteiger partial charge on any atom is 0.265 e. The van der Waals surface area contributed by atoms with E-state index in [1.807, 2.05) is 18.7 Å². The zero-order valence-corrected chi connectivity index (χ0v) is 21.0. The number of hydrogen-bond donors (Lipinski definition) is 1. The standard InChI is InChI=1S/C26H35FN4O2S/c1-18(24(32)28-12-5-15-30-13-3-4-14-30)20-10-16-31(17-11-20)26(33)23-19(2)29-25(34-23)21-6-8-22(27)9-7-21/h6-9,18,20H,3-5,10-17H2,1-2H3,(H,28,32)/t18-/m1/s1. The van der Waals surface area contributed by atoms with Crippen LogP contribution < -0.4 is 5.32 Å². The SMILES string of the molecule is Cc1nc(-c2ccc(F)cc2)sc1C(=O)N1CCC([C@@H](C)C(=O)NCCCN2CCCC2)CC1. The van der Waals surface area contributed by atoms with Gasteiger partial charge in [0, 0.05) is 31.1 Å². The quantitative estimate of drug-likeness (QED) is 0.564. The van der Waals surface area contributed by atoms with Crippen molar-refractivity contribution < 1.29 is 14.0 Å². The molecule has 34 heavy (non-hydrogen) atoms. The summed E-state index contributed by atoms with van der Waals surface area (Å²) in [6.45, 7) is 9.35. The molecule has 4 rings (SSSR count). The van der Waals surface area contributed by atoms with Crippen molar-refractivity contribution in [2.45, 2.75) is 46.0 Å². The van der Waals surface area contributed by atoms with Crippen molar-refractivity contribution in [3.05, 3.63) is 40.7 Å². The van der Waals surface area contributed by atoms with Gasteiger partial charge >= 0.3 is 0 Å². The molecule has 0 spiro atoms. The molecule has 0 unspecified atom stereocenters. The Kier molecular flexibility index (Phi) is 8.32. The van der Waals surface area contributed by atoms with Crippen LogP contribution >= 0.6 is 11.3 Å². The van der Waals surface area contributed by atoms with Crippen LogP contribution in [0.15, 0.2) is 24.3 Å². The Balaban J connectivity index is 1.24. The number of rotatable bonds is 8. The Morgan fingerprint density at radius 1 is 1.15 bits per heavy atom. The van der Waals surface area contributed by atoms with Crippen LogP contribution in [0.25, 0.3) is 10.6 Å². The number of thiazole rings is 1. The van der Waals surface area contributed by atoms with Gasteiger partial charge in [-0.15, -0.1) is 11.3 Å². The second kappa shape index (κ2) is 11.4. The minimum absolute atomic E-state index is 0.000768. The van der Waals surface area contributed by atoms with Crippen LogP contribution in [0.4, 0.5) is 4.39 Å². The highest BCUT2D eigenvalue weighted by Gasteiger charge is 2.31. The third-order valence-corrected chi connectivity index (χ3v) is 8.37. The summed E-state index contributed by atoms with van der Waals surface area (Å²) in [5.74, 6) is 0.0923. The van der Waals surface area contributed by atoms with Crippen molar-refractivity contribution in [2.75, 3.05) is 39.3 Å². The van der Waals surface area contributed by atoms with Gasteiger partial charge in [0.1, 0.15) is 15.7 Å². The Bertz CT molecular complexity index is 979. The molecule has 1 aromatic carbocycles. The van der Waals surface area contributed by atoms with Crippen molar-refractivity contribution in [1.29, 1.82) is 0 Å². The summed E-state index contributed by atoms with van der Waals surface area (Å²) in [4.78, 5) is 35.3. The van der Waals surface area contributed by atoms with Crippen LogP contribution in [0.3, 0.4) is 0 Å². The lowest BCUT2D eigenvalue weighted by Crippen LogP contribution is -2.43. The number of aromatic nitrogens is 1. The van der Waals surface area contributed by atoms with Crippen LogP contribution in [0, 0.1) is 24.6 Å². The predicted molar refractivity (Wildman–Crippen MR) is 133 cm³/mol. The summed E-state index contributed by atoms with van der Waals surface area (Å²) < 4.78 is 13.2. The van der Waals surface area contributed by atoms with Crippen molar-refractivity contribution in [3.63, 3.8) is 0 Å². The zero-order chi connectivity index (χ0) is 24.1. The first-order valence-electron chi connectivity index (χ1n) is 12.4. The minimum atomic E-state index is -0.291. The molecule has 0 saturated carbocycles. The van der Waals surface area contributed by atoms with Gasteiger partial charge in [-0.1, -0.05) is 6.92 Å². The molecule has 0 radical (unpaired) electrons. The molecular weight excluding hydrogens is 451 g/mol. The van der Waals surface area contributed by atoms with Gasteiger partial charge in [0.05, 0.1) is 5.69 Å². The van der Waals surface area contributed by atoms with Crippen molar-refractivity contribution >= 4 is 23.2 Å². The summed E-state index contributed by atoms with van der Waals surface area (Å²) in [7, 11) is 0. The summed E-state index contributed by atoms with van der Waals surface area (Å²) in [6, 6.07) is 6.19. The molecule has 2 aliphatic rings. The molecule has 3 heterocycles. The van der Waals surface area contributed by atoms with E-state index in [1.165, 1.54) is 49.4 Å².